The topological polar surface area (TPSA) is 104 Å². The van der Waals surface area contributed by atoms with Crippen LogP contribution in [0.2, 0.25) is 0 Å². The van der Waals surface area contributed by atoms with Crippen LogP contribution in [0.5, 0.6) is 0 Å². The van der Waals surface area contributed by atoms with E-state index in [1.165, 1.54) is 0 Å². The Hall–Kier alpha value is -4.13. The van der Waals surface area contributed by atoms with Gasteiger partial charge in [0.25, 0.3) is 5.91 Å². The van der Waals surface area contributed by atoms with E-state index in [4.69, 9.17) is 9.52 Å². The fraction of sp³-hybridized carbons (Fsp3) is 0.250. The molecule has 35 heavy (non-hydrogen) atoms. The zero-order valence-electron chi connectivity index (χ0n) is 19.7. The van der Waals surface area contributed by atoms with Crippen LogP contribution in [0.1, 0.15) is 54.6 Å². The number of para-hydroxylation sites is 2. The second-order valence-corrected chi connectivity index (χ2v) is 8.42. The van der Waals surface area contributed by atoms with Crippen LogP contribution in [0.4, 0.5) is 5.69 Å². The minimum absolute atomic E-state index is 0.102. The van der Waals surface area contributed by atoms with Crippen LogP contribution < -0.4 is 10.6 Å². The lowest BCUT2D eigenvalue weighted by Gasteiger charge is -2.21. The zero-order valence-corrected chi connectivity index (χ0v) is 19.7. The highest BCUT2D eigenvalue weighted by Gasteiger charge is 2.14. The fourth-order valence-electron chi connectivity index (χ4n) is 3.89. The third kappa shape index (κ3) is 6.26. The summed E-state index contributed by atoms with van der Waals surface area (Å²) in [5.41, 5.74) is 5.11. The van der Waals surface area contributed by atoms with Crippen molar-refractivity contribution in [1.29, 1.82) is 0 Å². The van der Waals surface area contributed by atoms with Gasteiger partial charge in [-0.3, -0.25) is 9.59 Å². The first-order valence-corrected chi connectivity index (χ1v) is 11.9. The predicted octanol–water partition coefficient (Wildman–Crippen LogP) is 6.04. The summed E-state index contributed by atoms with van der Waals surface area (Å²) in [5.74, 6) is -0.618. The third-order valence-electron chi connectivity index (χ3n) is 5.81. The Balaban J connectivity index is 1.45. The van der Waals surface area contributed by atoms with E-state index in [2.05, 4.69) is 34.7 Å². The Bertz CT molecular complexity index is 1250. The molecule has 0 radical (unpaired) electrons. The van der Waals surface area contributed by atoms with Gasteiger partial charge in [0.1, 0.15) is 5.52 Å². The Labute approximate surface area is 204 Å². The highest BCUT2D eigenvalue weighted by Crippen LogP contribution is 2.29. The maximum atomic E-state index is 12.2. The number of anilines is 1. The SMILES string of the molecule is CCCCC(Nc1ccc(C(=O)NCCC(=O)O)cc1)c1ccc(-c2nc3ccccc3o2)cc1. The molecule has 7 nitrogen and oxygen atoms in total. The molecule has 3 aromatic carbocycles. The maximum Gasteiger partial charge on any atom is 0.305 e. The first kappa shape index (κ1) is 24.0. The third-order valence-corrected chi connectivity index (χ3v) is 5.81. The molecule has 0 aliphatic carbocycles. The molecule has 4 rings (SSSR count). The average Bonchev–Trinajstić information content (AvgIpc) is 3.31. The molecule has 1 unspecified atom stereocenters. The second kappa shape index (κ2) is 11.3. The molecule has 0 saturated heterocycles. The summed E-state index contributed by atoms with van der Waals surface area (Å²) >= 11 is 0. The maximum absolute atomic E-state index is 12.2. The van der Waals surface area contributed by atoms with E-state index in [1.807, 2.05) is 48.5 Å². The van der Waals surface area contributed by atoms with Gasteiger partial charge in [-0.2, -0.15) is 0 Å². The molecule has 4 aromatic rings. The average molecular weight is 472 g/mol. The number of benzene rings is 3. The molecule has 0 bridgehead atoms. The molecule has 1 heterocycles. The van der Waals surface area contributed by atoms with Gasteiger partial charge in [0.05, 0.1) is 12.5 Å². The highest BCUT2D eigenvalue weighted by atomic mass is 16.4. The summed E-state index contributed by atoms with van der Waals surface area (Å²) in [6, 6.07) is 23.3. The summed E-state index contributed by atoms with van der Waals surface area (Å²) in [4.78, 5) is 27.4. The van der Waals surface area contributed by atoms with Gasteiger partial charge in [0, 0.05) is 23.4 Å². The van der Waals surface area contributed by atoms with Gasteiger partial charge < -0.3 is 20.2 Å². The van der Waals surface area contributed by atoms with Crippen LogP contribution in [0.25, 0.3) is 22.6 Å². The lowest BCUT2D eigenvalue weighted by Crippen LogP contribution is -2.25. The molecule has 0 aliphatic rings. The number of aliphatic carboxylic acids is 1. The minimum Gasteiger partial charge on any atom is -0.481 e. The number of hydrogen-bond acceptors (Lipinski definition) is 5. The van der Waals surface area contributed by atoms with E-state index in [0.29, 0.717) is 11.5 Å². The minimum atomic E-state index is -0.940. The summed E-state index contributed by atoms with van der Waals surface area (Å²) in [6.45, 7) is 2.28. The van der Waals surface area contributed by atoms with Crippen molar-refractivity contribution in [2.24, 2.45) is 0 Å². The number of amides is 1. The van der Waals surface area contributed by atoms with Crippen LogP contribution in [0, 0.1) is 0 Å². The van der Waals surface area contributed by atoms with E-state index in [9.17, 15) is 9.59 Å². The van der Waals surface area contributed by atoms with Crippen molar-refractivity contribution >= 4 is 28.7 Å². The van der Waals surface area contributed by atoms with Gasteiger partial charge in [0.15, 0.2) is 5.58 Å². The van der Waals surface area contributed by atoms with Crippen LogP contribution in [-0.2, 0) is 4.79 Å². The van der Waals surface area contributed by atoms with E-state index in [0.717, 1.165) is 47.2 Å². The summed E-state index contributed by atoms with van der Waals surface area (Å²) < 4.78 is 5.89. The molecule has 0 fully saturated rings. The van der Waals surface area contributed by atoms with Crippen molar-refractivity contribution in [3.63, 3.8) is 0 Å². The van der Waals surface area contributed by atoms with Crippen molar-refractivity contribution in [1.82, 2.24) is 10.3 Å². The molecule has 0 aliphatic heterocycles. The van der Waals surface area contributed by atoms with Crippen LogP contribution in [0.3, 0.4) is 0 Å². The number of carboxylic acids is 1. The lowest BCUT2D eigenvalue weighted by atomic mass is 9.99. The van der Waals surface area contributed by atoms with Crippen LogP contribution in [0.15, 0.2) is 77.2 Å². The van der Waals surface area contributed by atoms with Crippen LogP contribution >= 0.6 is 0 Å². The number of rotatable bonds is 11. The second-order valence-electron chi connectivity index (χ2n) is 8.42. The molecule has 1 atom stereocenters. The zero-order chi connectivity index (χ0) is 24.6. The number of nitrogens with zero attached hydrogens (tertiary/aromatic N) is 1. The predicted molar refractivity (Wildman–Crippen MR) is 136 cm³/mol. The van der Waals surface area contributed by atoms with Crippen molar-refractivity contribution in [3.05, 3.63) is 83.9 Å². The lowest BCUT2D eigenvalue weighted by molar-refractivity contribution is -0.136. The molecular weight excluding hydrogens is 442 g/mol. The normalized spacial score (nSPS) is 11.8. The number of carboxylic acid groups (broad SMARTS) is 1. The number of carbonyl (C=O) groups excluding carboxylic acids is 1. The molecular formula is C28H29N3O4. The smallest absolute Gasteiger partial charge is 0.305 e. The molecule has 180 valence electrons. The highest BCUT2D eigenvalue weighted by molar-refractivity contribution is 5.94. The molecule has 1 aromatic heterocycles. The largest absolute Gasteiger partial charge is 0.481 e. The number of carbonyl (C=O) groups is 2. The Morgan fingerprint density at radius 1 is 1.00 bits per heavy atom. The van der Waals surface area contributed by atoms with Gasteiger partial charge in [-0.05, 0) is 60.5 Å². The Morgan fingerprint density at radius 2 is 1.74 bits per heavy atom. The molecule has 0 saturated carbocycles. The van der Waals surface area contributed by atoms with Crippen molar-refractivity contribution in [2.75, 3.05) is 11.9 Å². The van der Waals surface area contributed by atoms with Crippen LogP contribution in [-0.4, -0.2) is 28.5 Å². The monoisotopic (exact) mass is 471 g/mol. The number of aromatic nitrogens is 1. The molecule has 1 amide bonds. The Kier molecular flexibility index (Phi) is 7.77. The summed E-state index contributed by atoms with van der Waals surface area (Å²) in [7, 11) is 0. The standard InChI is InChI=1S/C28H29N3O4/c1-2-3-6-23(30-22-15-13-20(14-16-22)27(34)29-18-17-26(32)33)19-9-11-21(12-10-19)28-31-24-7-4-5-8-25(24)35-28/h4-5,7-16,23,30H,2-3,6,17-18H2,1H3,(H,29,34)(H,32,33). The Morgan fingerprint density at radius 3 is 2.43 bits per heavy atom. The summed E-state index contributed by atoms with van der Waals surface area (Å²) in [6.07, 6.45) is 3.04. The van der Waals surface area contributed by atoms with Gasteiger partial charge in [-0.25, -0.2) is 4.98 Å². The van der Waals surface area contributed by atoms with Gasteiger partial charge in [-0.15, -0.1) is 0 Å². The quantitative estimate of drug-likeness (QED) is 0.246. The molecule has 3 N–H and O–H groups in total. The van der Waals surface area contributed by atoms with E-state index < -0.39 is 5.97 Å². The molecule has 7 heteroatoms. The van der Waals surface area contributed by atoms with Gasteiger partial charge in [-0.1, -0.05) is 44.0 Å². The van der Waals surface area contributed by atoms with Gasteiger partial charge >= 0.3 is 5.97 Å². The number of hydrogen-bond donors (Lipinski definition) is 3. The number of unbranched alkanes of at least 4 members (excludes halogenated alkanes) is 1. The summed E-state index contributed by atoms with van der Waals surface area (Å²) in [5, 5.41) is 14.9. The van der Waals surface area contributed by atoms with Crippen molar-refractivity contribution in [2.45, 2.75) is 38.6 Å². The van der Waals surface area contributed by atoms with Crippen molar-refractivity contribution in [3.8, 4) is 11.5 Å². The van der Waals surface area contributed by atoms with Crippen molar-refractivity contribution < 1.29 is 19.1 Å². The number of nitrogens with one attached hydrogen (secondary N) is 2. The van der Waals surface area contributed by atoms with E-state index in [-0.39, 0.29) is 24.9 Å². The van der Waals surface area contributed by atoms with E-state index >= 15 is 0 Å². The number of oxazole rings is 1. The molecule has 0 spiro atoms. The number of fused-ring (bicyclic) bond motifs is 1. The first-order valence-electron chi connectivity index (χ1n) is 11.9. The fourth-order valence-corrected chi connectivity index (χ4v) is 3.89. The van der Waals surface area contributed by atoms with E-state index in [1.54, 1.807) is 12.1 Å². The van der Waals surface area contributed by atoms with Gasteiger partial charge in [0.2, 0.25) is 5.89 Å². The first-order chi connectivity index (χ1) is 17.0.